The molecule has 49 heavy (non-hydrogen) atoms. The first-order chi connectivity index (χ1) is 24.3. The number of hydrogen-bond donors (Lipinski definition) is 0. The van der Waals surface area contributed by atoms with E-state index in [0.717, 1.165) is 28.4 Å². The summed E-state index contributed by atoms with van der Waals surface area (Å²) in [6, 6.07) is 69.7. The summed E-state index contributed by atoms with van der Waals surface area (Å²) in [5, 5.41) is 6.19. The Hall–Kier alpha value is -6.16. The maximum Gasteiger partial charge on any atom is 0.0618 e. The minimum atomic E-state index is 1.13. The number of thiophene rings is 1. The smallest absolute Gasteiger partial charge is 0.0618 e. The molecule has 1 aromatic heterocycles. The Kier molecular flexibility index (Phi) is 7.38. The van der Waals surface area contributed by atoms with E-state index in [-0.39, 0.29) is 0 Å². The van der Waals surface area contributed by atoms with Crippen LogP contribution in [0.4, 0.5) is 34.1 Å². The van der Waals surface area contributed by atoms with Gasteiger partial charge in [0, 0.05) is 54.3 Å². The Morgan fingerprint density at radius 1 is 0.327 bits per heavy atom. The second-order valence-electron chi connectivity index (χ2n) is 12.2. The summed E-state index contributed by atoms with van der Waals surface area (Å²) in [4.78, 5) is 6.01. The average Bonchev–Trinajstić information content (AvgIpc) is 3.60. The fourth-order valence-corrected chi connectivity index (χ4v) is 8.23. The Balaban J connectivity index is 1.26. The van der Waals surface area contributed by atoms with Crippen molar-refractivity contribution in [1.29, 1.82) is 0 Å². The third-order valence-corrected chi connectivity index (χ3v) is 10.3. The van der Waals surface area contributed by atoms with Crippen LogP contribution in [0.15, 0.2) is 194 Å². The third kappa shape index (κ3) is 5.22. The number of benzene rings is 8. The molecule has 0 saturated carbocycles. The van der Waals surface area contributed by atoms with E-state index in [1.807, 2.05) is 11.3 Å². The highest BCUT2D eigenvalue weighted by Crippen LogP contribution is 2.50. The molecule has 2 nitrogen and oxygen atoms in total. The highest BCUT2D eigenvalue weighted by molar-refractivity contribution is 7.22. The lowest BCUT2D eigenvalue weighted by atomic mass is 9.92. The zero-order valence-electron chi connectivity index (χ0n) is 26.8. The lowest BCUT2D eigenvalue weighted by Gasteiger charge is -2.29. The number of hydrogen-bond acceptors (Lipinski definition) is 3. The lowest BCUT2D eigenvalue weighted by Crippen LogP contribution is -2.11. The molecule has 0 unspecified atom stereocenters. The van der Waals surface area contributed by atoms with E-state index in [1.165, 1.54) is 47.8 Å². The van der Waals surface area contributed by atoms with Crippen molar-refractivity contribution in [2.45, 2.75) is 0 Å². The molecule has 9 aromatic rings. The molecule has 0 aliphatic carbocycles. The summed E-state index contributed by atoms with van der Waals surface area (Å²) in [5.41, 5.74) is 8.15. The van der Waals surface area contributed by atoms with E-state index in [9.17, 15) is 0 Å². The molecule has 0 saturated heterocycles. The van der Waals surface area contributed by atoms with Gasteiger partial charge in [-0.15, -0.1) is 11.3 Å². The summed E-state index contributed by atoms with van der Waals surface area (Å²) < 4.78 is 1.26. The number of para-hydroxylation sites is 4. The van der Waals surface area contributed by atoms with Gasteiger partial charge in [-0.2, -0.15) is 0 Å². The molecule has 0 spiro atoms. The average molecular weight is 645 g/mol. The topological polar surface area (TPSA) is 6.48 Å². The van der Waals surface area contributed by atoms with E-state index in [1.54, 1.807) is 0 Å². The van der Waals surface area contributed by atoms with Crippen molar-refractivity contribution >= 4 is 77.1 Å². The van der Waals surface area contributed by atoms with Crippen LogP contribution < -0.4 is 9.80 Å². The molecule has 0 bridgehead atoms. The second-order valence-corrected chi connectivity index (χ2v) is 13.2. The van der Waals surface area contributed by atoms with Crippen molar-refractivity contribution in [3.05, 3.63) is 194 Å². The van der Waals surface area contributed by atoms with Gasteiger partial charge in [0.1, 0.15) is 0 Å². The highest BCUT2D eigenvalue weighted by Gasteiger charge is 2.23. The molecular formula is C46H32N2S. The molecule has 0 radical (unpaired) electrons. The monoisotopic (exact) mass is 644 g/mol. The molecular weight excluding hydrogens is 613 g/mol. The first-order valence-electron chi connectivity index (χ1n) is 16.6. The molecule has 0 fully saturated rings. The minimum absolute atomic E-state index is 1.13. The van der Waals surface area contributed by atoms with Gasteiger partial charge < -0.3 is 9.80 Å². The zero-order valence-corrected chi connectivity index (χ0v) is 27.6. The standard InChI is InChI=1S/C46H32N2S/c1-5-17-34(18-6-1)47(35-19-7-2-8-20-35)38-30-29-33-31-44(49-43(33)32-38)45-39-25-13-15-27-41(39)46(42-28-16-14-26-40(42)45)48(36-21-9-3-10-22-36)37-23-11-4-12-24-37/h1-32H. The van der Waals surface area contributed by atoms with Gasteiger partial charge in [0.25, 0.3) is 0 Å². The van der Waals surface area contributed by atoms with Crippen LogP contribution in [0, 0.1) is 0 Å². The Labute approximate surface area is 290 Å². The molecule has 8 aromatic carbocycles. The summed E-state index contributed by atoms with van der Waals surface area (Å²) in [7, 11) is 0. The van der Waals surface area contributed by atoms with Crippen LogP contribution in [0.5, 0.6) is 0 Å². The van der Waals surface area contributed by atoms with Crippen molar-refractivity contribution in [2.24, 2.45) is 0 Å². The molecule has 0 amide bonds. The fraction of sp³-hybridized carbons (Fsp3) is 0. The van der Waals surface area contributed by atoms with E-state index >= 15 is 0 Å². The number of fused-ring (bicyclic) bond motifs is 3. The molecule has 232 valence electrons. The van der Waals surface area contributed by atoms with E-state index < -0.39 is 0 Å². The van der Waals surface area contributed by atoms with Crippen molar-refractivity contribution in [2.75, 3.05) is 9.80 Å². The maximum absolute atomic E-state index is 2.41. The molecule has 0 aliphatic heterocycles. The van der Waals surface area contributed by atoms with Gasteiger partial charge in [0.15, 0.2) is 0 Å². The normalized spacial score (nSPS) is 11.3. The molecule has 0 atom stereocenters. The van der Waals surface area contributed by atoms with Crippen LogP contribution in [-0.4, -0.2) is 0 Å². The van der Waals surface area contributed by atoms with Crippen molar-refractivity contribution < 1.29 is 0 Å². The Morgan fingerprint density at radius 2 is 0.735 bits per heavy atom. The number of nitrogens with zero attached hydrogens (tertiary/aromatic N) is 2. The predicted octanol–water partition coefficient (Wildman–Crippen LogP) is 13.8. The van der Waals surface area contributed by atoms with Gasteiger partial charge in [-0.25, -0.2) is 0 Å². The van der Waals surface area contributed by atoms with Crippen LogP contribution in [0.2, 0.25) is 0 Å². The SMILES string of the molecule is c1ccc(N(c2ccccc2)c2ccc3cc(-c4c5ccccc5c(N(c5ccccc5)c5ccccc5)c5ccccc45)sc3c2)cc1. The number of rotatable bonds is 7. The maximum atomic E-state index is 2.41. The van der Waals surface area contributed by atoms with Crippen LogP contribution in [0.1, 0.15) is 0 Å². The van der Waals surface area contributed by atoms with E-state index in [2.05, 4.69) is 204 Å². The largest absolute Gasteiger partial charge is 0.310 e. The summed E-state index contributed by atoms with van der Waals surface area (Å²) in [5.74, 6) is 0. The zero-order chi connectivity index (χ0) is 32.6. The molecule has 3 heteroatoms. The van der Waals surface area contributed by atoms with Crippen LogP contribution in [0.25, 0.3) is 42.1 Å². The summed E-state index contributed by atoms with van der Waals surface area (Å²) >= 11 is 1.87. The van der Waals surface area contributed by atoms with E-state index in [0.29, 0.717) is 0 Å². The van der Waals surface area contributed by atoms with Crippen LogP contribution >= 0.6 is 11.3 Å². The first-order valence-corrected chi connectivity index (χ1v) is 17.4. The molecule has 0 N–H and O–H groups in total. The molecule has 0 aliphatic rings. The fourth-order valence-electron chi connectivity index (χ4n) is 7.06. The second kappa shape index (κ2) is 12.5. The van der Waals surface area contributed by atoms with Gasteiger partial charge in [0.2, 0.25) is 0 Å². The van der Waals surface area contributed by atoms with Crippen molar-refractivity contribution in [3.8, 4) is 10.4 Å². The van der Waals surface area contributed by atoms with Crippen LogP contribution in [-0.2, 0) is 0 Å². The predicted molar refractivity (Wildman–Crippen MR) is 212 cm³/mol. The molecule has 1 heterocycles. The lowest BCUT2D eigenvalue weighted by molar-refractivity contribution is 1.29. The van der Waals surface area contributed by atoms with Gasteiger partial charge in [-0.05, 0) is 82.9 Å². The van der Waals surface area contributed by atoms with Crippen LogP contribution in [0.3, 0.4) is 0 Å². The summed E-state index contributed by atoms with van der Waals surface area (Å²) in [6.07, 6.45) is 0. The van der Waals surface area contributed by atoms with Crippen molar-refractivity contribution in [1.82, 2.24) is 0 Å². The van der Waals surface area contributed by atoms with E-state index in [4.69, 9.17) is 0 Å². The van der Waals surface area contributed by atoms with Gasteiger partial charge in [-0.1, -0.05) is 127 Å². The summed E-state index contributed by atoms with van der Waals surface area (Å²) in [6.45, 7) is 0. The van der Waals surface area contributed by atoms with Gasteiger partial charge in [0.05, 0.1) is 5.69 Å². The third-order valence-electron chi connectivity index (χ3n) is 9.19. The van der Waals surface area contributed by atoms with Gasteiger partial charge >= 0.3 is 0 Å². The Morgan fingerprint density at radius 3 is 1.20 bits per heavy atom. The minimum Gasteiger partial charge on any atom is -0.310 e. The molecule has 9 rings (SSSR count). The Bertz CT molecular complexity index is 2410. The van der Waals surface area contributed by atoms with Gasteiger partial charge in [-0.3, -0.25) is 0 Å². The number of anilines is 6. The quantitative estimate of drug-likeness (QED) is 0.159. The van der Waals surface area contributed by atoms with Crippen molar-refractivity contribution in [3.63, 3.8) is 0 Å². The first kappa shape index (κ1) is 29.0. The highest BCUT2D eigenvalue weighted by atomic mass is 32.1.